The average molecular weight is 454 g/mol. The molecular weight excluding hydrogens is 430 g/mol. The van der Waals surface area contributed by atoms with Crippen LogP contribution in [0.15, 0.2) is 46.2 Å². The first kappa shape index (κ1) is 20.5. The molecule has 0 unspecified atom stereocenters. The number of aromatic nitrogens is 4. The summed E-state index contributed by atoms with van der Waals surface area (Å²) in [6.45, 7) is 1.31. The monoisotopic (exact) mass is 453 g/mol. The number of nitrogens with zero attached hydrogens (tertiary/aromatic N) is 4. The van der Waals surface area contributed by atoms with Gasteiger partial charge in [-0.3, -0.25) is 4.68 Å². The number of methoxy groups -OCH3 is 2. The number of ether oxygens (including phenoxy) is 3. The van der Waals surface area contributed by atoms with Gasteiger partial charge in [-0.25, -0.2) is 4.98 Å². The molecule has 1 N–H and O–H groups in total. The number of hydrogen-bond acceptors (Lipinski definition) is 9. The van der Waals surface area contributed by atoms with Crippen molar-refractivity contribution >= 4 is 28.7 Å². The van der Waals surface area contributed by atoms with E-state index in [2.05, 4.69) is 20.0 Å². The molecule has 166 valence electrons. The topological polar surface area (TPSA) is 96.5 Å². The maximum Gasteiger partial charge on any atom is 0.232 e. The van der Waals surface area contributed by atoms with E-state index in [9.17, 15) is 0 Å². The molecule has 0 atom stereocenters. The van der Waals surface area contributed by atoms with E-state index in [0.717, 1.165) is 40.9 Å². The lowest BCUT2D eigenvalue weighted by Gasteiger charge is -2.15. The largest absolute Gasteiger partial charge is 0.495 e. The molecule has 0 amide bonds. The molecule has 1 aliphatic heterocycles. The molecule has 3 aromatic heterocycles. The first-order chi connectivity index (χ1) is 15.8. The van der Waals surface area contributed by atoms with Crippen LogP contribution in [0.2, 0.25) is 0 Å². The highest BCUT2D eigenvalue weighted by Gasteiger charge is 2.24. The Morgan fingerprint density at radius 1 is 1.22 bits per heavy atom. The zero-order valence-corrected chi connectivity index (χ0v) is 18.6. The molecule has 0 fully saturated rings. The van der Waals surface area contributed by atoms with Crippen LogP contribution in [0.1, 0.15) is 24.0 Å². The number of benzene rings is 1. The predicted molar refractivity (Wildman–Crippen MR) is 121 cm³/mol. The van der Waals surface area contributed by atoms with Crippen molar-refractivity contribution < 1.29 is 18.7 Å². The molecule has 9 nitrogen and oxygen atoms in total. The summed E-state index contributed by atoms with van der Waals surface area (Å²) < 4.78 is 28.0. The zero-order valence-electron chi connectivity index (χ0n) is 17.8. The molecule has 0 aliphatic carbocycles. The summed E-state index contributed by atoms with van der Waals surface area (Å²) in [6.07, 6.45) is 8.38. The van der Waals surface area contributed by atoms with Crippen molar-refractivity contribution in [3.8, 4) is 17.4 Å². The Hall–Kier alpha value is -3.40. The summed E-state index contributed by atoms with van der Waals surface area (Å²) in [6, 6.07) is 5.74. The van der Waals surface area contributed by atoms with Crippen LogP contribution >= 0.6 is 11.9 Å². The first-order valence-corrected chi connectivity index (χ1v) is 11.1. The molecule has 5 rings (SSSR count). The Bertz CT molecular complexity index is 1200. The third kappa shape index (κ3) is 3.81. The molecule has 0 saturated carbocycles. The highest BCUT2D eigenvalue weighted by Crippen LogP contribution is 2.42. The predicted octanol–water partition coefficient (Wildman–Crippen LogP) is 4.32. The molecule has 0 saturated heterocycles. The summed E-state index contributed by atoms with van der Waals surface area (Å²) in [5, 5.41) is 9.47. The highest BCUT2D eigenvalue weighted by molar-refractivity contribution is 8.00. The van der Waals surface area contributed by atoms with Gasteiger partial charge in [0.2, 0.25) is 5.88 Å². The van der Waals surface area contributed by atoms with Crippen molar-refractivity contribution in [1.82, 2.24) is 19.9 Å². The lowest BCUT2D eigenvalue weighted by atomic mass is 9.99. The summed E-state index contributed by atoms with van der Waals surface area (Å²) in [5.74, 6) is 2.53. The molecule has 0 radical (unpaired) electrons. The second-order valence-electron chi connectivity index (χ2n) is 7.31. The molecule has 1 aliphatic rings. The number of anilines is 1. The zero-order chi connectivity index (χ0) is 21.9. The van der Waals surface area contributed by atoms with Crippen molar-refractivity contribution in [1.29, 1.82) is 0 Å². The number of fused-ring (bicyclic) bond motifs is 3. The first-order valence-electron chi connectivity index (χ1n) is 10.3. The summed E-state index contributed by atoms with van der Waals surface area (Å²) in [5.41, 5.74) is 2.98. The molecule has 32 heavy (non-hydrogen) atoms. The van der Waals surface area contributed by atoms with Crippen LogP contribution < -0.4 is 18.9 Å². The molecule has 0 bridgehead atoms. The van der Waals surface area contributed by atoms with Crippen LogP contribution in [-0.4, -0.2) is 40.7 Å². The molecule has 10 heteroatoms. The second kappa shape index (κ2) is 8.99. The van der Waals surface area contributed by atoms with Crippen LogP contribution in [0.4, 0.5) is 5.82 Å². The highest BCUT2D eigenvalue weighted by atomic mass is 32.2. The Morgan fingerprint density at radius 2 is 2.16 bits per heavy atom. The fraction of sp³-hybridized carbons (Fsp3) is 0.318. The van der Waals surface area contributed by atoms with E-state index in [0.29, 0.717) is 36.2 Å². The van der Waals surface area contributed by atoms with Gasteiger partial charge in [-0.05, 0) is 55.0 Å². The standard InChI is InChI=1S/C22H23N5O4S/c1-28-16-7-9-23-22(29-2)20(16)32-26-21-18-17(31-25-21)12-14(13-27-10-5-8-24-27)15-6-3-4-11-30-19(15)18/h5,7-10,12H,3-4,6,11,13H2,1-2H3,(H,25,26). The van der Waals surface area contributed by atoms with Gasteiger partial charge in [0, 0.05) is 24.2 Å². The van der Waals surface area contributed by atoms with Crippen LogP contribution in [0.25, 0.3) is 11.0 Å². The van der Waals surface area contributed by atoms with Gasteiger partial charge in [-0.2, -0.15) is 5.10 Å². The van der Waals surface area contributed by atoms with Crippen LogP contribution in [0.5, 0.6) is 17.4 Å². The van der Waals surface area contributed by atoms with Crippen molar-refractivity contribution in [2.24, 2.45) is 0 Å². The van der Waals surface area contributed by atoms with Crippen LogP contribution in [0, 0.1) is 0 Å². The van der Waals surface area contributed by atoms with E-state index in [-0.39, 0.29) is 0 Å². The van der Waals surface area contributed by atoms with E-state index in [1.54, 1.807) is 32.7 Å². The van der Waals surface area contributed by atoms with E-state index >= 15 is 0 Å². The minimum absolute atomic E-state index is 0.464. The fourth-order valence-electron chi connectivity index (χ4n) is 3.87. The van der Waals surface area contributed by atoms with Crippen LogP contribution in [0.3, 0.4) is 0 Å². The van der Waals surface area contributed by atoms with Gasteiger partial charge in [0.1, 0.15) is 21.8 Å². The van der Waals surface area contributed by atoms with E-state index in [1.165, 1.54) is 17.5 Å². The second-order valence-corrected chi connectivity index (χ2v) is 8.13. The quantitative estimate of drug-likeness (QED) is 0.410. The summed E-state index contributed by atoms with van der Waals surface area (Å²) >= 11 is 1.30. The van der Waals surface area contributed by atoms with Gasteiger partial charge >= 0.3 is 0 Å². The fourth-order valence-corrected chi connectivity index (χ4v) is 4.68. The van der Waals surface area contributed by atoms with Gasteiger partial charge in [-0.1, -0.05) is 5.16 Å². The van der Waals surface area contributed by atoms with Crippen molar-refractivity contribution in [2.75, 3.05) is 25.5 Å². The Balaban J connectivity index is 1.53. The van der Waals surface area contributed by atoms with Gasteiger partial charge in [0.25, 0.3) is 0 Å². The van der Waals surface area contributed by atoms with Crippen molar-refractivity contribution in [2.45, 2.75) is 30.7 Å². The number of nitrogens with one attached hydrogen (secondary N) is 1. The molecular formula is C22H23N5O4S. The van der Waals surface area contributed by atoms with Crippen LogP contribution in [-0.2, 0) is 13.0 Å². The Labute approximate surface area is 189 Å². The van der Waals surface area contributed by atoms with Crippen molar-refractivity contribution in [3.63, 3.8) is 0 Å². The summed E-state index contributed by atoms with van der Waals surface area (Å²) in [4.78, 5) is 4.98. The van der Waals surface area contributed by atoms with Gasteiger partial charge in [0.15, 0.2) is 11.4 Å². The van der Waals surface area contributed by atoms with E-state index in [1.807, 2.05) is 23.0 Å². The normalized spacial score (nSPS) is 13.3. The van der Waals surface area contributed by atoms with Gasteiger partial charge in [-0.15, -0.1) is 0 Å². The number of hydrogen-bond donors (Lipinski definition) is 1. The van der Waals surface area contributed by atoms with Gasteiger partial charge < -0.3 is 23.5 Å². The third-order valence-corrected chi connectivity index (χ3v) is 6.25. The minimum atomic E-state index is 0.464. The maximum atomic E-state index is 6.22. The third-order valence-electron chi connectivity index (χ3n) is 5.37. The summed E-state index contributed by atoms with van der Waals surface area (Å²) in [7, 11) is 3.19. The Kier molecular flexibility index (Phi) is 5.76. The molecule has 1 aromatic carbocycles. The molecule has 4 heterocycles. The smallest absolute Gasteiger partial charge is 0.232 e. The van der Waals surface area contributed by atoms with Crippen molar-refractivity contribution in [3.05, 3.63) is 47.9 Å². The lowest BCUT2D eigenvalue weighted by molar-refractivity contribution is 0.320. The number of pyridine rings is 1. The lowest BCUT2D eigenvalue weighted by Crippen LogP contribution is -2.05. The van der Waals surface area contributed by atoms with E-state index in [4.69, 9.17) is 18.7 Å². The molecule has 0 spiro atoms. The van der Waals surface area contributed by atoms with Gasteiger partial charge in [0.05, 0.1) is 27.4 Å². The maximum absolute atomic E-state index is 6.22. The number of rotatable bonds is 7. The Morgan fingerprint density at radius 3 is 2.97 bits per heavy atom. The van der Waals surface area contributed by atoms with E-state index < -0.39 is 0 Å². The SMILES string of the molecule is COc1ccnc(OC)c1SNc1noc2cc(Cn3cccn3)c3c(c12)OCCCC3. The molecule has 4 aromatic rings. The average Bonchev–Trinajstić information content (AvgIpc) is 3.41. The minimum Gasteiger partial charge on any atom is -0.495 e.